The molecule has 1 aromatic carbocycles. The highest BCUT2D eigenvalue weighted by Crippen LogP contribution is 2.35. The van der Waals surface area contributed by atoms with Crippen LogP contribution in [-0.4, -0.2) is 62.3 Å². The fraction of sp³-hybridized carbons (Fsp3) is 0.172. The average molecular weight is 508 g/mol. The van der Waals surface area contributed by atoms with E-state index < -0.39 is 0 Å². The third kappa shape index (κ3) is 4.48. The van der Waals surface area contributed by atoms with Crippen LogP contribution in [0.4, 0.5) is 4.39 Å². The summed E-state index contributed by atoms with van der Waals surface area (Å²) < 4.78 is 20.4. The molecule has 0 radical (unpaired) electrons. The molecule has 0 saturated heterocycles. The minimum absolute atomic E-state index is 0.374. The van der Waals surface area contributed by atoms with Gasteiger partial charge in [-0.15, -0.1) is 0 Å². The topological polar surface area (TPSA) is 95.6 Å². The SMILES string of the molecule is Cc1ccncc1-c1cc2c(-c3cc4c(-c5cc(F)cc(OCCN(C)C)c5)nccc4[nH]3)n[nH]c2cn1. The van der Waals surface area contributed by atoms with Crippen molar-refractivity contribution in [1.82, 2.24) is 35.0 Å². The summed E-state index contributed by atoms with van der Waals surface area (Å²) in [5, 5.41) is 9.45. The summed E-state index contributed by atoms with van der Waals surface area (Å²) in [7, 11) is 3.93. The molecule has 8 nitrogen and oxygen atoms in total. The smallest absolute Gasteiger partial charge is 0.127 e. The number of benzene rings is 1. The largest absolute Gasteiger partial charge is 0.492 e. The van der Waals surface area contributed by atoms with Gasteiger partial charge in [0.25, 0.3) is 0 Å². The summed E-state index contributed by atoms with van der Waals surface area (Å²) in [5.41, 5.74) is 7.48. The maximum absolute atomic E-state index is 14.6. The van der Waals surface area contributed by atoms with E-state index in [4.69, 9.17) is 4.74 Å². The standard InChI is InChI=1S/C29H26FN7O/c1-17-4-6-31-15-23(17)25-13-22-27(16-33-25)35-36-29(22)26-14-21-24(34-26)5-7-32-28(21)18-10-19(30)12-20(11-18)38-9-8-37(2)3/h4-7,10-16,34H,8-9H2,1-3H3,(H,35,36). The number of rotatable bonds is 7. The number of fused-ring (bicyclic) bond motifs is 2. The number of aromatic nitrogens is 6. The molecule has 5 aromatic heterocycles. The van der Waals surface area contributed by atoms with Gasteiger partial charge in [-0.05, 0) is 63.0 Å². The van der Waals surface area contributed by atoms with Gasteiger partial charge in [-0.25, -0.2) is 4.39 Å². The van der Waals surface area contributed by atoms with E-state index in [2.05, 4.69) is 30.1 Å². The first kappa shape index (κ1) is 23.7. The zero-order chi connectivity index (χ0) is 26.2. The number of hydrogen-bond donors (Lipinski definition) is 2. The summed E-state index contributed by atoms with van der Waals surface area (Å²) in [6.07, 6.45) is 7.09. The molecular weight excluding hydrogens is 481 g/mol. The van der Waals surface area contributed by atoms with E-state index in [1.165, 1.54) is 12.1 Å². The molecule has 0 spiro atoms. The third-order valence-electron chi connectivity index (χ3n) is 6.52. The lowest BCUT2D eigenvalue weighted by atomic mass is 10.1. The van der Waals surface area contributed by atoms with Crippen LogP contribution < -0.4 is 4.74 Å². The molecular formula is C29H26FN7O. The maximum Gasteiger partial charge on any atom is 0.127 e. The Hall–Kier alpha value is -4.63. The van der Waals surface area contributed by atoms with Crippen molar-refractivity contribution < 1.29 is 9.13 Å². The Morgan fingerprint density at radius 1 is 0.921 bits per heavy atom. The van der Waals surface area contributed by atoms with Gasteiger partial charge in [-0.2, -0.15) is 5.10 Å². The molecule has 0 aliphatic rings. The summed E-state index contributed by atoms with van der Waals surface area (Å²) in [6.45, 7) is 3.23. The van der Waals surface area contributed by atoms with Crippen LogP contribution in [0, 0.1) is 12.7 Å². The molecule has 5 heterocycles. The highest BCUT2D eigenvalue weighted by Gasteiger charge is 2.16. The molecule has 0 bridgehead atoms. The third-order valence-corrected chi connectivity index (χ3v) is 6.52. The molecule has 0 aliphatic heterocycles. The molecule has 190 valence electrons. The van der Waals surface area contributed by atoms with Gasteiger partial charge in [-0.3, -0.25) is 20.1 Å². The molecule has 0 amide bonds. The van der Waals surface area contributed by atoms with Crippen molar-refractivity contribution in [3.8, 4) is 39.7 Å². The maximum atomic E-state index is 14.6. The first-order chi connectivity index (χ1) is 18.5. The zero-order valence-corrected chi connectivity index (χ0v) is 21.3. The number of H-pyrrole nitrogens is 2. The fourth-order valence-corrected chi connectivity index (χ4v) is 4.54. The van der Waals surface area contributed by atoms with Crippen molar-refractivity contribution >= 4 is 21.8 Å². The first-order valence-electron chi connectivity index (χ1n) is 12.3. The number of aryl methyl sites for hydroxylation is 1. The van der Waals surface area contributed by atoms with Gasteiger partial charge in [0.2, 0.25) is 0 Å². The molecule has 6 aromatic rings. The van der Waals surface area contributed by atoms with Crippen LogP contribution in [0.3, 0.4) is 0 Å². The number of pyridine rings is 3. The Balaban J connectivity index is 1.41. The number of nitrogens with one attached hydrogen (secondary N) is 2. The van der Waals surface area contributed by atoms with E-state index in [1.807, 2.05) is 62.4 Å². The van der Waals surface area contributed by atoms with Crippen LogP contribution in [0.1, 0.15) is 5.56 Å². The molecule has 6 rings (SSSR count). The number of aromatic amines is 2. The molecule has 0 aliphatic carbocycles. The fourth-order valence-electron chi connectivity index (χ4n) is 4.54. The van der Waals surface area contributed by atoms with Gasteiger partial charge < -0.3 is 14.6 Å². The number of ether oxygens (including phenoxy) is 1. The van der Waals surface area contributed by atoms with Crippen LogP contribution in [0.2, 0.25) is 0 Å². The van der Waals surface area contributed by atoms with E-state index >= 15 is 0 Å². The van der Waals surface area contributed by atoms with E-state index in [0.717, 1.165) is 56.6 Å². The minimum atomic E-state index is -0.374. The van der Waals surface area contributed by atoms with Crippen molar-refractivity contribution in [2.75, 3.05) is 27.2 Å². The molecule has 0 fully saturated rings. The first-order valence-corrected chi connectivity index (χ1v) is 12.3. The van der Waals surface area contributed by atoms with Crippen molar-refractivity contribution in [2.45, 2.75) is 6.92 Å². The molecule has 2 N–H and O–H groups in total. The summed E-state index contributed by atoms with van der Waals surface area (Å²) in [5.74, 6) is 0.0985. The van der Waals surface area contributed by atoms with E-state index in [1.54, 1.807) is 18.6 Å². The normalized spacial score (nSPS) is 11.6. The van der Waals surface area contributed by atoms with Crippen LogP contribution >= 0.6 is 0 Å². The predicted molar refractivity (Wildman–Crippen MR) is 146 cm³/mol. The zero-order valence-electron chi connectivity index (χ0n) is 21.3. The molecule has 9 heteroatoms. The van der Waals surface area contributed by atoms with Crippen LogP contribution in [0.5, 0.6) is 5.75 Å². The van der Waals surface area contributed by atoms with Crippen molar-refractivity contribution in [3.05, 3.63) is 78.6 Å². The lowest BCUT2D eigenvalue weighted by Crippen LogP contribution is -2.19. The molecule has 0 atom stereocenters. The van der Waals surface area contributed by atoms with Gasteiger partial charge in [-0.1, -0.05) is 0 Å². The second kappa shape index (κ2) is 9.68. The Morgan fingerprint density at radius 3 is 2.63 bits per heavy atom. The molecule has 0 unspecified atom stereocenters. The molecule has 0 saturated carbocycles. The second-order valence-corrected chi connectivity index (χ2v) is 9.51. The van der Waals surface area contributed by atoms with E-state index in [9.17, 15) is 4.39 Å². The van der Waals surface area contributed by atoms with Gasteiger partial charge in [0.15, 0.2) is 0 Å². The lowest BCUT2D eigenvalue weighted by Gasteiger charge is -2.12. The quantitative estimate of drug-likeness (QED) is 0.291. The van der Waals surface area contributed by atoms with E-state index in [-0.39, 0.29) is 5.82 Å². The number of hydrogen-bond acceptors (Lipinski definition) is 6. The number of halogens is 1. The monoisotopic (exact) mass is 507 g/mol. The minimum Gasteiger partial charge on any atom is -0.492 e. The highest BCUT2D eigenvalue weighted by molar-refractivity contribution is 6.00. The number of likely N-dealkylation sites (N-methyl/N-ethyl adjacent to an activating group) is 1. The molecule has 38 heavy (non-hydrogen) atoms. The van der Waals surface area contributed by atoms with Crippen LogP contribution in [0.15, 0.2) is 67.3 Å². The predicted octanol–water partition coefficient (Wildman–Crippen LogP) is 5.62. The van der Waals surface area contributed by atoms with Gasteiger partial charge in [0.1, 0.15) is 23.9 Å². The van der Waals surface area contributed by atoms with E-state index in [0.29, 0.717) is 23.6 Å². The van der Waals surface area contributed by atoms with Crippen LogP contribution in [-0.2, 0) is 0 Å². The van der Waals surface area contributed by atoms with Crippen LogP contribution in [0.25, 0.3) is 55.7 Å². The summed E-state index contributed by atoms with van der Waals surface area (Å²) >= 11 is 0. The Labute approximate surface area is 218 Å². The van der Waals surface area contributed by atoms with Gasteiger partial charge in [0, 0.05) is 58.6 Å². The Kier molecular flexibility index (Phi) is 6.05. The van der Waals surface area contributed by atoms with Crippen molar-refractivity contribution in [1.29, 1.82) is 0 Å². The second-order valence-electron chi connectivity index (χ2n) is 9.51. The number of nitrogens with zero attached hydrogens (tertiary/aromatic N) is 5. The van der Waals surface area contributed by atoms with Crippen molar-refractivity contribution in [2.24, 2.45) is 0 Å². The average Bonchev–Trinajstić information content (AvgIpc) is 3.52. The summed E-state index contributed by atoms with van der Waals surface area (Å²) in [4.78, 5) is 18.9. The highest BCUT2D eigenvalue weighted by atomic mass is 19.1. The van der Waals surface area contributed by atoms with Crippen molar-refractivity contribution in [3.63, 3.8) is 0 Å². The van der Waals surface area contributed by atoms with Gasteiger partial charge in [0.05, 0.1) is 28.8 Å². The Morgan fingerprint density at radius 2 is 1.79 bits per heavy atom. The Bertz CT molecular complexity index is 1770. The van der Waals surface area contributed by atoms with Gasteiger partial charge >= 0.3 is 0 Å². The lowest BCUT2D eigenvalue weighted by molar-refractivity contribution is 0.260. The summed E-state index contributed by atoms with van der Waals surface area (Å²) in [6, 6.07) is 12.6.